The molecule has 0 amide bonds. The van der Waals surface area contributed by atoms with Gasteiger partial charge in [0, 0.05) is 24.6 Å². The molecule has 0 aliphatic rings. The average Bonchev–Trinajstić information content (AvgIpc) is 2.63. The number of fused-ring (bicyclic) bond motifs is 3. The van der Waals surface area contributed by atoms with Crippen molar-refractivity contribution in [1.29, 1.82) is 0 Å². The van der Waals surface area contributed by atoms with Crippen LogP contribution in [0.1, 0.15) is 16.1 Å². The van der Waals surface area contributed by atoms with Crippen LogP contribution in [0.5, 0.6) is 0 Å². The van der Waals surface area contributed by atoms with E-state index in [0.717, 1.165) is 16.6 Å². The first kappa shape index (κ1) is 14.6. The minimum atomic E-state index is 0.129. The van der Waals surface area contributed by atoms with Crippen LogP contribution in [0.15, 0.2) is 79.0 Å². The molecule has 116 valence electrons. The fourth-order valence-corrected chi connectivity index (χ4v) is 3.17. The maximum atomic E-state index is 12.7. The molecule has 1 aromatic heterocycles. The van der Waals surface area contributed by atoms with Crippen molar-refractivity contribution in [2.75, 3.05) is 0 Å². The summed E-state index contributed by atoms with van der Waals surface area (Å²) in [6.07, 6.45) is 1.95. The number of nitrogens with zero attached hydrogens (tertiary/aromatic N) is 1. The van der Waals surface area contributed by atoms with E-state index in [1.165, 1.54) is 16.2 Å². The molecular formula is C22H18NO+. The molecule has 0 saturated heterocycles. The van der Waals surface area contributed by atoms with Crippen molar-refractivity contribution >= 4 is 27.3 Å². The van der Waals surface area contributed by atoms with Gasteiger partial charge in [0.2, 0.25) is 12.3 Å². The van der Waals surface area contributed by atoms with Crippen LogP contribution in [0.3, 0.4) is 0 Å². The van der Waals surface area contributed by atoms with Gasteiger partial charge in [0.25, 0.3) is 0 Å². The lowest BCUT2D eigenvalue weighted by molar-refractivity contribution is -0.689. The average molecular weight is 312 g/mol. The first-order valence-corrected chi connectivity index (χ1v) is 8.12. The van der Waals surface area contributed by atoms with Crippen LogP contribution in [-0.4, -0.2) is 5.78 Å². The van der Waals surface area contributed by atoms with E-state index in [0.29, 0.717) is 6.54 Å². The largest absolute Gasteiger partial charge is 0.287 e. The van der Waals surface area contributed by atoms with Crippen LogP contribution in [0.2, 0.25) is 0 Å². The van der Waals surface area contributed by atoms with Crippen LogP contribution in [0.25, 0.3) is 21.5 Å². The van der Waals surface area contributed by atoms with Crippen LogP contribution < -0.4 is 4.57 Å². The number of carbonyl (C=O) groups excluding carboxylic acids is 1. The predicted octanol–water partition coefficient (Wildman–Crippen LogP) is 4.47. The SMILES string of the molecule is Cc1cccc[n+]1CC(=O)c1ccc2c(ccc3ccccc32)c1. The van der Waals surface area contributed by atoms with E-state index in [2.05, 4.69) is 36.4 Å². The van der Waals surface area contributed by atoms with Gasteiger partial charge in [-0.05, 0) is 27.6 Å². The molecule has 4 aromatic rings. The summed E-state index contributed by atoms with van der Waals surface area (Å²) in [6, 6.07) is 24.5. The quantitative estimate of drug-likeness (QED) is 0.310. The molecule has 3 aromatic carbocycles. The maximum Gasteiger partial charge on any atom is 0.227 e. The number of Topliss-reactive ketones (excluding diaryl/α,β-unsaturated/α-hetero) is 1. The summed E-state index contributed by atoms with van der Waals surface area (Å²) in [6.45, 7) is 2.38. The molecule has 0 fully saturated rings. The molecule has 24 heavy (non-hydrogen) atoms. The van der Waals surface area contributed by atoms with Crippen LogP contribution in [0.4, 0.5) is 0 Å². The number of rotatable bonds is 3. The normalized spacial score (nSPS) is 11.0. The molecule has 0 atom stereocenters. The second-order valence-electron chi connectivity index (χ2n) is 6.12. The van der Waals surface area contributed by atoms with Crippen LogP contribution in [-0.2, 0) is 6.54 Å². The predicted molar refractivity (Wildman–Crippen MR) is 97.2 cm³/mol. The van der Waals surface area contributed by atoms with Crippen molar-refractivity contribution in [3.05, 3.63) is 90.3 Å². The summed E-state index contributed by atoms with van der Waals surface area (Å²) < 4.78 is 1.98. The van der Waals surface area contributed by atoms with E-state index in [4.69, 9.17) is 0 Å². The molecule has 0 spiro atoms. The van der Waals surface area contributed by atoms with Gasteiger partial charge >= 0.3 is 0 Å². The fourth-order valence-electron chi connectivity index (χ4n) is 3.17. The third-order valence-electron chi connectivity index (χ3n) is 4.55. The van der Waals surface area contributed by atoms with Crippen molar-refractivity contribution in [3.8, 4) is 0 Å². The number of aromatic nitrogens is 1. The number of benzene rings is 3. The highest BCUT2D eigenvalue weighted by Crippen LogP contribution is 2.26. The van der Waals surface area contributed by atoms with Gasteiger partial charge in [0.1, 0.15) is 0 Å². The van der Waals surface area contributed by atoms with Gasteiger partial charge in [-0.25, -0.2) is 0 Å². The number of aryl methyl sites for hydroxylation is 1. The Morgan fingerprint density at radius 3 is 2.46 bits per heavy atom. The minimum Gasteiger partial charge on any atom is -0.287 e. The Kier molecular flexibility index (Phi) is 3.58. The second kappa shape index (κ2) is 5.89. The lowest BCUT2D eigenvalue weighted by atomic mass is 9.99. The Morgan fingerprint density at radius 1 is 0.833 bits per heavy atom. The number of hydrogen-bond donors (Lipinski definition) is 0. The molecule has 0 radical (unpaired) electrons. The van der Waals surface area contributed by atoms with Crippen LogP contribution >= 0.6 is 0 Å². The van der Waals surface area contributed by atoms with Gasteiger partial charge in [0.05, 0.1) is 0 Å². The lowest BCUT2D eigenvalue weighted by Crippen LogP contribution is -2.40. The molecule has 1 heterocycles. The Balaban J connectivity index is 1.74. The summed E-state index contributed by atoms with van der Waals surface area (Å²) in [4.78, 5) is 12.7. The zero-order valence-corrected chi connectivity index (χ0v) is 13.6. The Hall–Kier alpha value is -3.00. The Bertz CT molecular complexity index is 1070. The monoisotopic (exact) mass is 312 g/mol. The van der Waals surface area contributed by atoms with E-state index in [-0.39, 0.29) is 5.78 Å². The highest BCUT2D eigenvalue weighted by molar-refractivity contribution is 6.09. The van der Waals surface area contributed by atoms with Gasteiger partial charge < -0.3 is 0 Å². The third-order valence-corrected chi connectivity index (χ3v) is 4.55. The maximum absolute atomic E-state index is 12.7. The van der Waals surface area contributed by atoms with Gasteiger partial charge in [-0.1, -0.05) is 54.6 Å². The first-order valence-electron chi connectivity index (χ1n) is 8.12. The lowest BCUT2D eigenvalue weighted by Gasteiger charge is -2.06. The number of carbonyl (C=O) groups is 1. The molecule has 4 rings (SSSR count). The molecule has 2 nitrogen and oxygen atoms in total. The first-order chi connectivity index (χ1) is 11.7. The van der Waals surface area contributed by atoms with Gasteiger partial charge in [-0.15, -0.1) is 0 Å². The highest BCUT2D eigenvalue weighted by atomic mass is 16.1. The third kappa shape index (κ3) is 2.56. The molecule has 0 bridgehead atoms. The Labute approximate surface area is 141 Å². The van der Waals surface area contributed by atoms with E-state index < -0.39 is 0 Å². The van der Waals surface area contributed by atoms with Crippen molar-refractivity contribution < 1.29 is 9.36 Å². The van der Waals surface area contributed by atoms with Gasteiger partial charge in [-0.2, -0.15) is 4.57 Å². The molecule has 0 aliphatic heterocycles. The van der Waals surface area contributed by atoms with Crippen molar-refractivity contribution in [3.63, 3.8) is 0 Å². The summed E-state index contributed by atoms with van der Waals surface area (Å²) in [5.74, 6) is 0.129. The molecule has 0 aliphatic carbocycles. The fraction of sp³-hybridized carbons (Fsp3) is 0.0909. The summed E-state index contributed by atoms with van der Waals surface area (Å²) >= 11 is 0. The summed E-state index contributed by atoms with van der Waals surface area (Å²) in [5, 5.41) is 4.74. The van der Waals surface area contributed by atoms with Crippen molar-refractivity contribution in [2.45, 2.75) is 13.5 Å². The van der Waals surface area contributed by atoms with E-state index in [9.17, 15) is 4.79 Å². The van der Waals surface area contributed by atoms with Gasteiger partial charge in [-0.3, -0.25) is 4.79 Å². The number of ketones is 1. The van der Waals surface area contributed by atoms with Gasteiger partial charge in [0.15, 0.2) is 11.9 Å². The zero-order chi connectivity index (χ0) is 16.5. The smallest absolute Gasteiger partial charge is 0.227 e. The van der Waals surface area contributed by atoms with Crippen LogP contribution in [0, 0.1) is 6.92 Å². The summed E-state index contributed by atoms with van der Waals surface area (Å²) in [5.41, 5.74) is 1.84. The number of pyridine rings is 1. The summed E-state index contributed by atoms with van der Waals surface area (Å²) in [7, 11) is 0. The van der Waals surface area contributed by atoms with Crippen molar-refractivity contribution in [2.24, 2.45) is 0 Å². The van der Waals surface area contributed by atoms with Crippen molar-refractivity contribution in [1.82, 2.24) is 0 Å². The molecule has 0 N–H and O–H groups in total. The molecule has 0 unspecified atom stereocenters. The molecule has 2 heteroatoms. The van der Waals surface area contributed by atoms with E-state index in [1.54, 1.807) is 0 Å². The highest BCUT2D eigenvalue weighted by Gasteiger charge is 2.14. The standard InChI is InChI=1S/C22H18NO/c1-16-6-4-5-13-23(16)15-22(24)19-11-12-21-18(14-19)10-9-17-7-2-3-8-20(17)21/h2-14H,15H2,1H3/q+1. The Morgan fingerprint density at radius 2 is 1.58 bits per heavy atom. The molecule has 0 saturated carbocycles. The topological polar surface area (TPSA) is 20.9 Å². The second-order valence-corrected chi connectivity index (χ2v) is 6.12. The zero-order valence-electron chi connectivity index (χ0n) is 13.6. The minimum absolute atomic E-state index is 0.129. The van der Waals surface area contributed by atoms with E-state index >= 15 is 0 Å². The van der Waals surface area contributed by atoms with E-state index in [1.807, 2.05) is 54.1 Å². The molecular weight excluding hydrogens is 294 g/mol. The number of hydrogen-bond acceptors (Lipinski definition) is 1.